The molecule has 0 aliphatic rings. The topological polar surface area (TPSA) is 31.2 Å². The molecule has 0 heterocycles. The molecule has 2 aromatic carbocycles. The van der Waals surface area contributed by atoms with Gasteiger partial charge in [0.2, 0.25) is 0 Å². The van der Waals surface area contributed by atoms with Crippen LogP contribution in [-0.4, -0.2) is 62.1 Å². The Labute approximate surface area is 199 Å². The van der Waals surface area contributed by atoms with Gasteiger partial charge in [-0.15, -0.1) is 46.4 Å². The Kier molecular flexibility index (Phi) is 12.0. The maximum atomic E-state index is 5.87. The highest BCUT2D eigenvalue weighted by Crippen LogP contribution is 2.16. The molecule has 4 nitrogen and oxygen atoms in total. The number of hydrogen-bond acceptors (Lipinski definition) is 4. The van der Waals surface area contributed by atoms with E-state index in [0.29, 0.717) is 23.5 Å². The second-order valence-electron chi connectivity index (χ2n) is 6.40. The van der Waals surface area contributed by atoms with Crippen LogP contribution < -0.4 is 9.80 Å². The number of anilines is 2. The van der Waals surface area contributed by atoms with Crippen LogP contribution in [0.15, 0.2) is 58.7 Å². The lowest BCUT2D eigenvalue weighted by Gasteiger charge is -2.22. The number of halogens is 4. The van der Waals surface area contributed by atoms with Crippen molar-refractivity contribution in [3.63, 3.8) is 0 Å². The average Bonchev–Trinajstić information content (AvgIpc) is 2.77. The Hall–Kier alpha value is -1.46. The number of benzene rings is 2. The summed E-state index contributed by atoms with van der Waals surface area (Å²) >= 11 is 23.5. The molecule has 30 heavy (non-hydrogen) atoms. The summed E-state index contributed by atoms with van der Waals surface area (Å²) in [5.74, 6) is 2.25. The first-order valence-corrected chi connectivity index (χ1v) is 11.9. The summed E-state index contributed by atoms with van der Waals surface area (Å²) < 4.78 is 0. The molecular weight excluding hydrogens is 462 g/mol. The zero-order chi connectivity index (χ0) is 21.6. The van der Waals surface area contributed by atoms with Crippen molar-refractivity contribution in [1.29, 1.82) is 0 Å². The van der Waals surface area contributed by atoms with Gasteiger partial charge in [0.1, 0.15) is 0 Å². The van der Waals surface area contributed by atoms with E-state index in [1.165, 1.54) is 0 Å². The Morgan fingerprint density at radius 3 is 1.10 bits per heavy atom. The van der Waals surface area contributed by atoms with E-state index < -0.39 is 0 Å². The minimum absolute atomic E-state index is 0.563. The zero-order valence-corrected chi connectivity index (χ0v) is 19.8. The number of hydrogen-bond donors (Lipinski definition) is 0. The van der Waals surface area contributed by atoms with Gasteiger partial charge < -0.3 is 9.80 Å². The van der Waals surface area contributed by atoms with Gasteiger partial charge in [-0.05, 0) is 35.4 Å². The molecule has 0 fully saturated rings. The fraction of sp³-hybridized carbons (Fsp3) is 0.364. The van der Waals surface area contributed by atoms with Crippen LogP contribution in [0.25, 0.3) is 0 Å². The number of alkyl halides is 4. The van der Waals surface area contributed by atoms with Gasteiger partial charge in [0, 0.05) is 61.1 Å². The maximum absolute atomic E-state index is 5.87. The van der Waals surface area contributed by atoms with E-state index in [1.807, 2.05) is 48.5 Å². The molecule has 0 spiro atoms. The standard InChI is InChI=1S/C22H26Cl4N4/c23-9-13-29(14-10-24)21-5-1-19(2-6-21)17-27-28-18-20-3-7-22(8-4-20)30(15-11-25)16-12-26/h1-8,17-18H,9-16H2/b27-17-,28-18+. The molecule has 2 rings (SSSR count). The van der Waals surface area contributed by atoms with Crippen LogP contribution in [-0.2, 0) is 0 Å². The van der Waals surface area contributed by atoms with E-state index >= 15 is 0 Å². The van der Waals surface area contributed by atoms with E-state index in [1.54, 1.807) is 12.4 Å². The SMILES string of the molecule is ClCCN(CCCl)c1ccc(/C=N\N=C\c2ccc(N(CCCl)CCCl)cc2)cc1. The molecule has 0 atom stereocenters. The molecule has 0 aliphatic heterocycles. The summed E-state index contributed by atoms with van der Waals surface area (Å²) in [5, 5.41) is 8.29. The third-order valence-corrected chi connectivity index (χ3v) is 5.09. The van der Waals surface area contributed by atoms with Crippen LogP contribution >= 0.6 is 46.4 Å². The van der Waals surface area contributed by atoms with Gasteiger partial charge in [-0.3, -0.25) is 0 Å². The highest BCUT2D eigenvalue weighted by Gasteiger charge is 2.05. The van der Waals surface area contributed by atoms with Gasteiger partial charge in [0.15, 0.2) is 0 Å². The lowest BCUT2D eigenvalue weighted by atomic mass is 10.2. The molecule has 0 N–H and O–H groups in total. The summed E-state index contributed by atoms with van der Waals surface area (Å²) in [7, 11) is 0. The van der Waals surface area contributed by atoms with Crippen molar-refractivity contribution in [2.75, 3.05) is 59.5 Å². The third kappa shape index (κ3) is 8.35. The van der Waals surface area contributed by atoms with Crippen LogP contribution in [0.5, 0.6) is 0 Å². The Morgan fingerprint density at radius 1 is 0.533 bits per heavy atom. The van der Waals surface area contributed by atoms with Crippen molar-refractivity contribution in [1.82, 2.24) is 0 Å². The predicted molar refractivity (Wildman–Crippen MR) is 135 cm³/mol. The first kappa shape index (κ1) is 24.8. The predicted octanol–water partition coefficient (Wildman–Crippen LogP) is 5.71. The lowest BCUT2D eigenvalue weighted by Crippen LogP contribution is -2.27. The number of nitrogens with zero attached hydrogens (tertiary/aromatic N) is 4. The molecular formula is C22H26Cl4N4. The smallest absolute Gasteiger partial charge is 0.0568 e. The second-order valence-corrected chi connectivity index (χ2v) is 7.91. The van der Waals surface area contributed by atoms with Crippen LogP contribution in [0.3, 0.4) is 0 Å². The summed E-state index contributed by atoms with van der Waals surface area (Å²) in [4.78, 5) is 4.31. The molecule has 2 aromatic rings. The van der Waals surface area contributed by atoms with E-state index in [4.69, 9.17) is 46.4 Å². The quantitative estimate of drug-likeness (QED) is 0.206. The fourth-order valence-corrected chi connectivity index (χ4v) is 3.71. The Bertz CT molecular complexity index is 699. The Morgan fingerprint density at radius 2 is 0.833 bits per heavy atom. The molecule has 0 unspecified atom stereocenters. The first-order chi connectivity index (χ1) is 14.7. The van der Waals surface area contributed by atoms with Gasteiger partial charge in [-0.25, -0.2) is 0 Å². The van der Waals surface area contributed by atoms with Crippen molar-refractivity contribution in [2.45, 2.75) is 0 Å². The zero-order valence-electron chi connectivity index (χ0n) is 16.7. The van der Waals surface area contributed by atoms with Crippen LogP contribution in [0.2, 0.25) is 0 Å². The van der Waals surface area contributed by atoms with Gasteiger partial charge in [-0.2, -0.15) is 10.2 Å². The third-order valence-electron chi connectivity index (χ3n) is 4.41. The molecule has 0 aliphatic carbocycles. The maximum Gasteiger partial charge on any atom is 0.0568 e. The van der Waals surface area contributed by atoms with E-state index in [9.17, 15) is 0 Å². The minimum atomic E-state index is 0.563. The van der Waals surface area contributed by atoms with Crippen LogP contribution in [0.4, 0.5) is 11.4 Å². The monoisotopic (exact) mass is 486 g/mol. The first-order valence-electron chi connectivity index (χ1n) is 9.72. The summed E-state index contributed by atoms with van der Waals surface area (Å²) in [5.41, 5.74) is 4.13. The van der Waals surface area contributed by atoms with Crippen molar-refractivity contribution >= 4 is 70.2 Å². The fourth-order valence-electron chi connectivity index (χ4n) is 2.89. The minimum Gasteiger partial charge on any atom is -0.369 e. The van der Waals surface area contributed by atoms with Gasteiger partial charge in [-0.1, -0.05) is 24.3 Å². The molecule has 162 valence electrons. The van der Waals surface area contributed by atoms with Crippen molar-refractivity contribution < 1.29 is 0 Å². The molecule has 8 heteroatoms. The van der Waals surface area contributed by atoms with E-state index in [0.717, 1.165) is 48.7 Å². The number of rotatable bonds is 13. The molecule has 0 amide bonds. The van der Waals surface area contributed by atoms with Crippen LogP contribution in [0, 0.1) is 0 Å². The van der Waals surface area contributed by atoms with Crippen LogP contribution in [0.1, 0.15) is 11.1 Å². The van der Waals surface area contributed by atoms with E-state index in [2.05, 4.69) is 20.0 Å². The second kappa shape index (κ2) is 14.5. The molecule has 0 aromatic heterocycles. The van der Waals surface area contributed by atoms with Gasteiger partial charge >= 0.3 is 0 Å². The molecule has 0 bridgehead atoms. The summed E-state index contributed by atoms with van der Waals surface area (Å²) in [6.45, 7) is 3.06. The van der Waals surface area contributed by atoms with Gasteiger partial charge in [0.05, 0.1) is 12.4 Å². The average molecular weight is 488 g/mol. The molecule has 0 saturated carbocycles. The van der Waals surface area contributed by atoms with Crippen molar-refractivity contribution in [3.05, 3.63) is 59.7 Å². The Balaban J connectivity index is 1.94. The highest BCUT2D eigenvalue weighted by atomic mass is 35.5. The molecule has 0 radical (unpaired) electrons. The molecule has 0 saturated heterocycles. The van der Waals surface area contributed by atoms with Gasteiger partial charge in [0.25, 0.3) is 0 Å². The largest absolute Gasteiger partial charge is 0.369 e. The van der Waals surface area contributed by atoms with Crippen molar-refractivity contribution in [3.8, 4) is 0 Å². The van der Waals surface area contributed by atoms with Crippen molar-refractivity contribution in [2.24, 2.45) is 10.2 Å². The summed E-state index contributed by atoms with van der Waals surface area (Å²) in [6, 6.07) is 16.2. The normalized spacial score (nSPS) is 11.5. The summed E-state index contributed by atoms with van der Waals surface area (Å²) in [6.07, 6.45) is 3.45. The lowest BCUT2D eigenvalue weighted by molar-refractivity contribution is 0.874. The highest BCUT2D eigenvalue weighted by molar-refractivity contribution is 6.19. The van der Waals surface area contributed by atoms with E-state index in [-0.39, 0.29) is 0 Å².